The lowest BCUT2D eigenvalue weighted by molar-refractivity contribution is 0.0126. The number of nitrogens with one attached hydrogen (secondary N) is 1. The van der Waals surface area contributed by atoms with Crippen LogP contribution in [-0.2, 0) is 14.6 Å². The number of piperidine rings is 1. The number of anilines is 1. The van der Waals surface area contributed by atoms with E-state index in [4.69, 9.17) is 9.47 Å². The minimum Gasteiger partial charge on any atom is -0.490 e. The number of carbonyl (C=O) groups excluding carboxylic acids is 2. The molecule has 0 saturated carbocycles. The van der Waals surface area contributed by atoms with Crippen molar-refractivity contribution in [3.63, 3.8) is 0 Å². The number of hydrogen-bond acceptors (Lipinski definition) is 6. The first-order chi connectivity index (χ1) is 15.8. The lowest BCUT2D eigenvalue weighted by atomic mass is 10.1. The molecule has 1 aliphatic rings. The van der Waals surface area contributed by atoms with Crippen molar-refractivity contribution >= 4 is 27.5 Å². The van der Waals surface area contributed by atoms with Gasteiger partial charge in [0.05, 0.1) is 10.6 Å². The first-order valence-corrected chi connectivity index (χ1v) is 12.8. The van der Waals surface area contributed by atoms with Crippen molar-refractivity contribution in [2.45, 2.75) is 50.2 Å². The first kappa shape index (κ1) is 25.5. The van der Waals surface area contributed by atoms with Gasteiger partial charge in [0, 0.05) is 37.8 Å². The maximum absolute atomic E-state index is 14.2. The number of nitrogens with zero attached hydrogens (tertiary/aromatic N) is 1. The highest BCUT2D eigenvalue weighted by atomic mass is 32.2. The van der Waals surface area contributed by atoms with Gasteiger partial charge in [0.15, 0.2) is 9.84 Å². The quantitative estimate of drug-likeness (QED) is 0.669. The lowest BCUT2D eigenvalue weighted by Crippen LogP contribution is -2.44. The second kappa shape index (κ2) is 10.0. The summed E-state index contributed by atoms with van der Waals surface area (Å²) in [5, 5.41) is 2.44. The van der Waals surface area contributed by atoms with Gasteiger partial charge in [-0.25, -0.2) is 17.6 Å². The van der Waals surface area contributed by atoms with Crippen LogP contribution in [-0.4, -0.2) is 56.4 Å². The molecule has 0 aromatic heterocycles. The first-order valence-electron chi connectivity index (χ1n) is 10.9. The van der Waals surface area contributed by atoms with Crippen LogP contribution in [0, 0.1) is 5.82 Å². The topological polar surface area (TPSA) is 102 Å². The SMILES string of the molecule is CC(C)(C)OC(=O)N1CCC(Oc2ccc(C(=O)Nc3ccc(S(C)(=O)=O)cc3F)cc2)CC1. The van der Waals surface area contributed by atoms with Crippen molar-refractivity contribution < 1.29 is 31.9 Å². The number of amides is 2. The van der Waals surface area contributed by atoms with Crippen molar-refractivity contribution in [3.05, 3.63) is 53.8 Å². The van der Waals surface area contributed by atoms with Crippen molar-refractivity contribution in [2.24, 2.45) is 0 Å². The molecule has 0 radical (unpaired) electrons. The molecule has 0 bridgehead atoms. The number of halogens is 1. The van der Waals surface area contributed by atoms with Gasteiger partial charge in [-0.15, -0.1) is 0 Å². The van der Waals surface area contributed by atoms with Gasteiger partial charge in [-0.1, -0.05) is 0 Å². The van der Waals surface area contributed by atoms with Crippen LogP contribution in [0.2, 0.25) is 0 Å². The maximum atomic E-state index is 14.2. The molecule has 34 heavy (non-hydrogen) atoms. The smallest absolute Gasteiger partial charge is 0.410 e. The van der Waals surface area contributed by atoms with Crippen LogP contribution >= 0.6 is 0 Å². The van der Waals surface area contributed by atoms with E-state index < -0.39 is 27.2 Å². The van der Waals surface area contributed by atoms with E-state index in [9.17, 15) is 22.4 Å². The van der Waals surface area contributed by atoms with Crippen LogP contribution in [0.25, 0.3) is 0 Å². The number of benzene rings is 2. The summed E-state index contributed by atoms with van der Waals surface area (Å²) in [5.74, 6) is -0.798. The van der Waals surface area contributed by atoms with Gasteiger partial charge in [-0.2, -0.15) is 0 Å². The predicted molar refractivity (Wildman–Crippen MR) is 125 cm³/mol. The zero-order valence-electron chi connectivity index (χ0n) is 19.6. The predicted octanol–water partition coefficient (Wildman–Crippen LogP) is 4.26. The molecule has 10 heteroatoms. The van der Waals surface area contributed by atoms with Gasteiger partial charge >= 0.3 is 6.09 Å². The molecule has 2 aromatic rings. The number of hydrogen-bond donors (Lipinski definition) is 1. The molecule has 2 aromatic carbocycles. The van der Waals surface area contributed by atoms with Crippen LogP contribution < -0.4 is 10.1 Å². The zero-order chi connectivity index (χ0) is 25.1. The molecule has 1 heterocycles. The summed E-state index contributed by atoms with van der Waals surface area (Å²) >= 11 is 0. The van der Waals surface area contributed by atoms with E-state index in [1.807, 2.05) is 20.8 Å². The minimum absolute atomic E-state index is 0.0687. The van der Waals surface area contributed by atoms with E-state index >= 15 is 0 Å². The van der Waals surface area contributed by atoms with Gasteiger partial charge in [0.25, 0.3) is 5.91 Å². The molecule has 0 spiro atoms. The Balaban J connectivity index is 1.54. The van der Waals surface area contributed by atoms with Crippen molar-refractivity contribution in [3.8, 4) is 5.75 Å². The van der Waals surface area contributed by atoms with E-state index in [0.717, 1.165) is 12.3 Å². The monoisotopic (exact) mass is 492 g/mol. The molecule has 2 amide bonds. The van der Waals surface area contributed by atoms with Crippen LogP contribution in [0.4, 0.5) is 14.9 Å². The second-order valence-corrected chi connectivity index (χ2v) is 11.2. The minimum atomic E-state index is -3.55. The fourth-order valence-electron chi connectivity index (χ4n) is 3.38. The molecule has 1 fully saturated rings. The number of ether oxygens (including phenoxy) is 2. The van der Waals surface area contributed by atoms with Gasteiger partial charge < -0.3 is 19.7 Å². The maximum Gasteiger partial charge on any atom is 0.410 e. The standard InChI is InChI=1S/C24H29FN2O6S/c1-24(2,3)33-23(29)27-13-11-18(12-14-27)32-17-7-5-16(6-8-17)22(28)26-21-10-9-19(15-20(21)25)34(4,30)31/h5-10,15,18H,11-14H2,1-4H3,(H,26,28). The summed E-state index contributed by atoms with van der Waals surface area (Å²) in [7, 11) is -3.55. The summed E-state index contributed by atoms with van der Waals surface area (Å²) in [5.41, 5.74) is -0.364. The molecule has 1 aliphatic heterocycles. The Hall–Kier alpha value is -3.14. The van der Waals surface area contributed by atoms with E-state index in [2.05, 4.69) is 5.32 Å². The van der Waals surface area contributed by atoms with E-state index in [-0.39, 0.29) is 22.8 Å². The lowest BCUT2D eigenvalue weighted by Gasteiger charge is -2.33. The summed E-state index contributed by atoms with van der Waals surface area (Å²) < 4.78 is 48.6. The average molecular weight is 493 g/mol. The summed E-state index contributed by atoms with van der Waals surface area (Å²) in [6, 6.07) is 9.74. The highest BCUT2D eigenvalue weighted by Gasteiger charge is 2.27. The van der Waals surface area contributed by atoms with Crippen LogP contribution in [0.15, 0.2) is 47.4 Å². The molecular formula is C24H29FN2O6S. The van der Waals surface area contributed by atoms with Gasteiger partial charge in [-0.05, 0) is 63.2 Å². The van der Waals surface area contributed by atoms with E-state index in [0.29, 0.717) is 37.2 Å². The van der Waals surface area contributed by atoms with Crippen molar-refractivity contribution in [2.75, 3.05) is 24.7 Å². The highest BCUT2D eigenvalue weighted by molar-refractivity contribution is 7.90. The van der Waals surface area contributed by atoms with Gasteiger partial charge in [-0.3, -0.25) is 4.79 Å². The molecule has 8 nitrogen and oxygen atoms in total. The molecule has 0 aliphatic carbocycles. The number of rotatable bonds is 5. The highest BCUT2D eigenvalue weighted by Crippen LogP contribution is 2.23. The average Bonchev–Trinajstić information content (AvgIpc) is 2.74. The largest absolute Gasteiger partial charge is 0.490 e. The Morgan fingerprint density at radius 2 is 1.68 bits per heavy atom. The summed E-state index contributed by atoms with van der Waals surface area (Å²) in [6.45, 7) is 6.55. The molecule has 3 rings (SSSR count). The third kappa shape index (κ3) is 6.93. The fraction of sp³-hybridized carbons (Fsp3) is 0.417. The van der Waals surface area contributed by atoms with E-state index in [1.54, 1.807) is 29.2 Å². The third-order valence-electron chi connectivity index (χ3n) is 5.13. The summed E-state index contributed by atoms with van der Waals surface area (Å²) in [6.07, 6.45) is 1.90. The normalized spacial score (nSPS) is 15.0. The number of carbonyl (C=O) groups is 2. The molecule has 0 atom stereocenters. The Morgan fingerprint density at radius 3 is 2.21 bits per heavy atom. The Labute approximate surface area is 199 Å². The molecule has 1 N–H and O–H groups in total. The molecule has 1 saturated heterocycles. The fourth-order valence-corrected chi connectivity index (χ4v) is 4.02. The Morgan fingerprint density at radius 1 is 1.06 bits per heavy atom. The number of likely N-dealkylation sites (tertiary alicyclic amines) is 1. The summed E-state index contributed by atoms with van der Waals surface area (Å²) in [4.78, 5) is 26.1. The van der Waals surface area contributed by atoms with Crippen LogP contribution in [0.1, 0.15) is 44.0 Å². The van der Waals surface area contributed by atoms with Gasteiger partial charge in [0.2, 0.25) is 0 Å². The van der Waals surface area contributed by atoms with Crippen molar-refractivity contribution in [1.82, 2.24) is 4.90 Å². The Kier molecular flexibility index (Phi) is 7.50. The van der Waals surface area contributed by atoms with Gasteiger partial charge in [0.1, 0.15) is 23.3 Å². The van der Waals surface area contributed by atoms with Crippen LogP contribution in [0.5, 0.6) is 5.75 Å². The Bertz CT molecular complexity index is 1150. The third-order valence-corrected chi connectivity index (χ3v) is 6.24. The second-order valence-electron chi connectivity index (χ2n) is 9.18. The molecule has 184 valence electrons. The zero-order valence-corrected chi connectivity index (χ0v) is 20.4. The van der Waals surface area contributed by atoms with Crippen molar-refractivity contribution in [1.29, 1.82) is 0 Å². The number of sulfone groups is 1. The molecule has 0 unspecified atom stereocenters. The van der Waals surface area contributed by atoms with E-state index in [1.165, 1.54) is 12.1 Å². The molecular weight excluding hydrogens is 463 g/mol. The van der Waals surface area contributed by atoms with Crippen LogP contribution in [0.3, 0.4) is 0 Å².